The van der Waals surface area contributed by atoms with Crippen LogP contribution in [0.2, 0.25) is 0 Å². The highest BCUT2D eigenvalue weighted by Gasteiger charge is 2.08. The molecule has 0 unspecified atom stereocenters. The first-order valence-electron chi connectivity index (χ1n) is 7.30. The van der Waals surface area contributed by atoms with Crippen LogP contribution in [0.25, 0.3) is 11.0 Å². The van der Waals surface area contributed by atoms with Crippen LogP contribution in [0.4, 0.5) is 5.82 Å². The summed E-state index contributed by atoms with van der Waals surface area (Å²) in [5.74, 6) is 0.770. The zero-order valence-electron chi connectivity index (χ0n) is 13.1. The van der Waals surface area contributed by atoms with Crippen LogP contribution >= 0.6 is 0 Å². The summed E-state index contributed by atoms with van der Waals surface area (Å²) in [6, 6.07) is 11.4. The van der Waals surface area contributed by atoms with Gasteiger partial charge in [0.25, 0.3) is 0 Å². The fourth-order valence-corrected chi connectivity index (χ4v) is 2.21. The second-order valence-corrected chi connectivity index (χ2v) is 5.43. The molecule has 0 aliphatic rings. The second kappa shape index (κ2) is 6.43. The van der Waals surface area contributed by atoms with Crippen molar-refractivity contribution in [1.29, 1.82) is 0 Å². The van der Waals surface area contributed by atoms with Crippen LogP contribution in [-0.4, -0.2) is 40.0 Å². The van der Waals surface area contributed by atoms with Crippen LogP contribution in [0, 0.1) is 0 Å². The summed E-state index contributed by atoms with van der Waals surface area (Å²) in [6.45, 7) is 0.579. The summed E-state index contributed by atoms with van der Waals surface area (Å²) < 4.78 is 1.60. The van der Waals surface area contributed by atoms with Crippen molar-refractivity contribution < 1.29 is 4.79 Å². The van der Waals surface area contributed by atoms with Crippen molar-refractivity contribution in [3.8, 4) is 0 Å². The largest absolute Gasteiger partial charge is 0.363 e. The minimum atomic E-state index is -0.114. The molecule has 118 valence electrons. The maximum atomic E-state index is 12.1. The van der Waals surface area contributed by atoms with Gasteiger partial charge in [0.1, 0.15) is 17.9 Å². The van der Waals surface area contributed by atoms with Crippen LogP contribution in [0.5, 0.6) is 0 Å². The highest BCUT2D eigenvalue weighted by molar-refractivity contribution is 5.79. The molecule has 0 saturated heterocycles. The van der Waals surface area contributed by atoms with E-state index in [4.69, 9.17) is 0 Å². The maximum absolute atomic E-state index is 12.1. The van der Waals surface area contributed by atoms with Gasteiger partial charge in [-0.1, -0.05) is 23.4 Å². The number of hydrogen-bond acceptors (Lipinski definition) is 5. The number of carbonyl (C=O) groups excluding carboxylic acids is 1. The molecular weight excluding hydrogens is 292 g/mol. The van der Waals surface area contributed by atoms with Crippen LogP contribution in [0.15, 0.2) is 42.6 Å². The molecule has 2 heterocycles. The van der Waals surface area contributed by atoms with Gasteiger partial charge in [0.05, 0.1) is 5.52 Å². The lowest BCUT2D eigenvalue weighted by Gasteiger charge is -2.11. The second-order valence-electron chi connectivity index (χ2n) is 5.43. The van der Waals surface area contributed by atoms with Gasteiger partial charge in [0, 0.05) is 26.8 Å². The summed E-state index contributed by atoms with van der Waals surface area (Å²) in [6.07, 6.45) is 1.76. The van der Waals surface area contributed by atoms with E-state index >= 15 is 0 Å². The zero-order valence-corrected chi connectivity index (χ0v) is 13.1. The van der Waals surface area contributed by atoms with E-state index < -0.39 is 0 Å². The molecule has 7 heteroatoms. The molecule has 1 aromatic carbocycles. The quantitative estimate of drug-likeness (QED) is 0.766. The van der Waals surface area contributed by atoms with E-state index in [9.17, 15) is 4.79 Å². The van der Waals surface area contributed by atoms with Crippen LogP contribution < -0.4 is 10.2 Å². The Bertz CT molecular complexity index is 809. The predicted octanol–water partition coefficient (Wildman–Crippen LogP) is 1.21. The van der Waals surface area contributed by atoms with E-state index in [1.54, 1.807) is 10.9 Å². The predicted molar refractivity (Wildman–Crippen MR) is 87.9 cm³/mol. The monoisotopic (exact) mass is 310 g/mol. The van der Waals surface area contributed by atoms with Gasteiger partial charge in [-0.05, 0) is 23.8 Å². The number of hydrogen-bond donors (Lipinski definition) is 1. The van der Waals surface area contributed by atoms with Gasteiger partial charge in [-0.25, -0.2) is 9.67 Å². The third-order valence-corrected chi connectivity index (χ3v) is 3.47. The van der Waals surface area contributed by atoms with Crippen molar-refractivity contribution in [3.05, 3.63) is 48.2 Å². The minimum Gasteiger partial charge on any atom is -0.363 e. The number of pyridine rings is 1. The number of rotatable bonds is 5. The number of amides is 1. The lowest BCUT2D eigenvalue weighted by atomic mass is 10.2. The number of nitrogens with one attached hydrogen (secondary N) is 1. The first-order chi connectivity index (χ1) is 11.1. The standard InChI is InChI=1S/C16H18N6O/c1-21(2)15-8-7-12(9-17-15)10-18-16(23)11-22-14-6-4-3-5-13(14)19-20-22/h3-9H,10-11H2,1-2H3,(H,18,23). The summed E-state index contributed by atoms with van der Waals surface area (Å²) >= 11 is 0. The number of fused-ring (bicyclic) bond motifs is 1. The van der Waals surface area contributed by atoms with Gasteiger partial charge >= 0.3 is 0 Å². The fraction of sp³-hybridized carbons (Fsp3) is 0.250. The molecule has 1 amide bonds. The van der Waals surface area contributed by atoms with Crippen molar-refractivity contribution in [2.45, 2.75) is 13.1 Å². The molecule has 0 aliphatic heterocycles. The van der Waals surface area contributed by atoms with E-state index in [0.717, 1.165) is 22.4 Å². The van der Waals surface area contributed by atoms with Crippen LogP contribution in [0.3, 0.4) is 0 Å². The molecule has 0 atom stereocenters. The molecular formula is C16H18N6O. The molecule has 7 nitrogen and oxygen atoms in total. The third kappa shape index (κ3) is 3.45. The van der Waals surface area contributed by atoms with Crippen molar-refractivity contribution in [2.24, 2.45) is 0 Å². The van der Waals surface area contributed by atoms with E-state index in [2.05, 4.69) is 20.6 Å². The molecule has 2 aromatic heterocycles. The zero-order chi connectivity index (χ0) is 16.2. The van der Waals surface area contributed by atoms with E-state index in [0.29, 0.717) is 6.54 Å². The van der Waals surface area contributed by atoms with Gasteiger partial charge in [-0.3, -0.25) is 4.79 Å². The van der Waals surface area contributed by atoms with E-state index in [-0.39, 0.29) is 12.5 Å². The lowest BCUT2D eigenvalue weighted by Crippen LogP contribution is -2.27. The van der Waals surface area contributed by atoms with Crippen LogP contribution in [0.1, 0.15) is 5.56 Å². The summed E-state index contributed by atoms with van der Waals surface area (Å²) in [5, 5.41) is 10.9. The SMILES string of the molecule is CN(C)c1ccc(CNC(=O)Cn2nnc3ccccc32)cn1. The molecule has 0 bridgehead atoms. The highest BCUT2D eigenvalue weighted by atomic mass is 16.2. The number of nitrogens with zero attached hydrogens (tertiary/aromatic N) is 5. The average Bonchev–Trinajstić information content (AvgIpc) is 2.96. The highest BCUT2D eigenvalue weighted by Crippen LogP contribution is 2.10. The Morgan fingerprint density at radius 2 is 2.04 bits per heavy atom. The van der Waals surface area contributed by atoms with Gasteiger partial charge in [-0.2, -0.15) is 0 Å². The topological polar surface area (TPSA) is 75.9 Å². The van der Waals surface area contributed by atoms with Gasteiger partial charge < -0.3 is 10.2 Å². The molecule has 0 saturated carbocycles. The Morgan fingerprint density at radius 3 is 2.78 bits per heavy atom. The summed E-state index contributed by atoms with van der Waals surface area (Å²) in [7, 11) is 3.87. The summed E-state index contributed by atoms with van der Waals surface area (Å²) in [5.41, 5.74) is 2.58. The molecule has 0 aliphatic carbocycles. The first kappa shape index (κ1) is 15.0. The first-order valence-corrected chi connectivity index (χ1v) is 7.30. The van der Waals surface area contributed by atoms with E-state index in [1.165, 1.54) is 0 Å². The van der Waals surface area contributed by atoms with E-state index in [1.807, 2.05) is 55.4 Å². The van der Waals surface area contributed by atoms with Crippen molar-refractivity contribution in [2.75, 3.05) is 19.0 Å². The summed E-state index contributed by atoms with van der Waals surface area (Å²) in [4.78, 5) is 18.3. The number of benzene rings is 1. The Kier molecular flexibility index (Phi) is 4.18. The molecule has 23 heavy (non-hydrogen) atoms. The number of anilines is 1. The number of para-hydroxylation sites is 1. The molecule has 0 spiro atoms. The number of aromatic nitrogens is 4. The van der Waals surface area contributed by atoms with Gasteiger partial charge in [-0.15, -0.1) is 5.10 Å². The Hall–Kier alpha value is -2.96. The van der Waals surface area contributed by atoms with Gasteiger partial charge in [0.15, 0.2) is 0 Å². The average molecular weight is 310 g/mol. The number of carbonyl (C=O) groups is 1. The minimum absolute atomic E-state index is 0.114. The molecule has 0 radical (unpaired) electrons. The lowest BCUT2D eigenvalue weighted by molar-refractivity contribution is -0.121. The van der Waals surface area contributed by atoms with Crippen molar-refractivity contribution >= 4 is 22.8 Å². The fourth-order valence-electron chi connectivity index (χ4n) is 2.21. The molecule has 1 N–H and O–H groups in total. The Labute approximate surface area is 133 Å². The Morgan fingerprint density at radius 1 is 1.22 bits per heavy atom. The van der Waals surface area contributed by atoms with Gasteiger partial charge in [0.2, 0.25) is 5.91 Å². The van der Waals surface area contributed by atoms with Crippen molar-refractivity contribution in [1.82, 2.24) is 25.3 Å². The maximum Gasteiger partial charge on any atom is 0.242 e. The van der Waals surface area contributed by atoms with Crippen LogP contribution in [-0.2, 0) is 17.9 Å². The smallest absolute Gasteiger partial charge is 0.242 e. The van der Waals surface area contributed by atoms with Crippen molar-refractivity contribution in [3.63, 3.8) is 0 Å². The molecule has 3 rings (SSSR count). The normalized spacial score (nSPS) is 10.7. The Balaban J connectivity index is 1.59. The third-order valence-electron chi connectivity index (χ3n) is 3.47. The molecule has 3 aromatic rings. The molecule has 0 fully saturated rings.